The highest BCUT2D eigenvalue weighted by Crippen LogP contribution is 2.23. The van der Waals surface area contributed by atoms with E-state index in [1.807, 2.05) is 30.3 Å². The van der Waals surface area contributed by atoms with Gasteiger partial charge in [0.05, 0.1) is 0 Å². The Morgan fingerprint density at radius 3 is 2.31 bits per heavy atom. The Bertz CT molecular complexity index is 518. The van der Waals surface area contributed by atoms with E-state index in [4.69, 9.17) is 0 Å². The topological polar surface area (TPSA) is 17.1 Å². The number of carbonyl (C=O) groups excluding carboxylic acids is 1. The Kier molecular flexibility index (Phi) is 2.82. The molecule has 2 aromatic carbocycles. The monoisotopic (exact) mass is 214 g/mol. The Morgan fingerprint density at radius 1 is 1.06 bits per heavy atom. The lowest BCUT2D eigenvalue weighted by molar-refractivity contribution is 0.101. The van der Waals surface area contributed by atoms with Crippen LogP contribution in [0.5, 0.6) is 0 Å². The molecule has 0 aliphatic rings. The number of Topliss-reactive ketones (excluding diaryl/α,β-unsaturated/α-hetero) is 1. The van der Waals surface area contributed by atoms with E-state index in [0.717, 1.165) is 5.56 Å². The molecule has 16 heavy (non-hydrogen) atoms. The van der Waals surface area contributed by atoms with Gasteiger partial charge in [-0.15, -0.1) is 0 Å². The molecule has 80 valence electrons. The summed E-state index contributed by atoms with van der Waals surface area (Å²) in [5, 5.41) is 0. The molecule has 0 saturated carbocycles. The summed E-state index contributed by atoms with van der Waals surface area (Å²) in [6.07, 6.45) is 0. The van der Waals surface area contributed by atoms with Crippen LogP contribution in [-0.2, 0) is 0 Å². The number of benzene rings is 2. The molecule has 0 fully saturated rings. The molecule has 0 bridgehead atoms. The van der Waals surface area contributed by atoms with Crippen molar-refractivity contribution in [1.29, 1.82) is 0 Å². The standard InChI is InChI=1S/C14H11FO/c1-10(16)12-7-8-13(14(15)9-12)11-5-3-2-4-6-11/h2-9H,1H3. The highest BCUT2D eigenvalue weighted by Gasteiger charge is 2.07. The molecule has 0 atom stereocenters. The molecule has 0 heterocycles. The lowest BCUT2D eigenvalue weighted by Crippen LogP contribution is -1.94. The van der Waals surface area contributed by atoms with Crippen molar-refractivity contribution in [2.75, 3.05) is 0 Å². The minimum atomic E-state index is -0.362. The van der Waals surface area contributed by atoms with Crippen LogP contribution in [0.15, 0.2) is 48.5 Å². The second-order valence-corrected chi connectivity index (χ2v) is 3.62. The number of hydrogen-bond acceptors (Lipinski definition) is 1. The third-order valence-electron chi connectivity index (χ3n) is 2.46. The Labute approximate surface area is 93.5 Å². The predicted molar refractivity (Wildman–Crippen MR) is 61.8 cm³/mol. The molecule has 0 saturated heterocycles. The zero-order valence-electron chi connectivity index (χ0n) is 8.91. The number of hydrogen-bond donors (Lipinski definition) is 0. The maximum absolute atomic E-state index is 13.7. The number of rotatable bonds is 2. The van der Waals surface area contributed by atoms with Crippen LogP contribution >= 0.6 is 0 Å². The van der Waals surface area contributed by atoms with E-state index in [1.54, 1.807) is 12.1 Å². The molecule has 2 heteroatoms. The van der Waals surface area contributed by atoms with E-state index in [2.05, 4.69) is 0 Å². The first-order valence-corrected chi connectivity index (χ1v) is 5.04. The normalized spacial score (nSPS) is 10.1. The zero-order valence-corrected chi connectivity index (χ0v) is 8.91. The van der Waals surface area contributed by atoms with Gasteiger partial charge in [-0.3, -0.25) is 4.79 Å². The largest absolute Gasteiger partial charge is 0.295 e. The van der Waals surface area contributed by atoms with Crippen molar-refractivity contribution in [1.82, 2.24) is 0 Å². The number of carbonyl (C=O) groups is 1. The molecule has 0 amide bonds. The fourth-order valence-corrected chi connectivity index (χ4v) is 1.59. The predicted octanol–water partition coefficient (Wildman–Crippen LogP) is 3.70. The van der Waals surface area contributed by atoms with Crippen molar-refractivity contribution in [2.24, 2.45) is 0 Å². The first-order chi connectivity index (χ1) is 7.68. The quantitative estimate of drug-likeness (QED) is 0.697. The van der Waals surface area contributed by atoms with E-state index in [-0.39, 0.29) is 11.6 Å². The molecule has 2 rings (SSSR count). The molecular formula is C14H11FO. The molecule has 0 aromatic heterocycles. The van der Waals surface area contributed by atoms with Gasteiger partial charge in [-0.05, 0) is 18.6 Å². The van der Waals surface area contributed by atoms with Crippen LogP contribution in [-0.4, -0.2) is 5.78 Å². The van der Waals surface area contributed by atoms with Gasteiger partial charge in [0.25, 0.3) is 0 Å². The number of ketones is 1. The van der Waals surface area contributed by atoms with Crippen LogP contribution in [0.2, 0.25) is 0 Å². The zero-order chi connectivity index (χ0) is 11.5. The minimum Gasteiger partial charge on any atom is -0.295 e. The smallest absolute Gasteiger partial charge is 0.159 e. The second-order valence-electron chi connectivity index (χ2n) is 3.62. The first-order valence-electron chi connectivity index (χ1n) is 5.04. The van der Waals surface area contributed by atoms with Gasteiger partial charge < -0.3 is 0 Å². The van der Waals surface area contributed by atoms with Crippen LogP contribution in [0.3, 0.4) is 0 Å². The molecule has 0 spiro atoms. The summed E-state index contributed by atoms with van der Waals surface area (Å²) in [7, 11) is 0. The van der Waals surface area contributed by atoms with Gasteiger partial charge in [0.2, 0.25) is 0 Å². The van der Waals surface area contributed by atoms with Crippen molar-refractivity contribution in [3.8, 4) is 11.1 Å². The lowest BCUT2D eigenvalue weighted by atomic mass is 10.0. The molecule has 0 unspecified atom stereocenters. The van der Waals surface area contributed by atoms with E-state index in [1.165, 1.54) is 13.0 Å². The third kappa shape index (κ3) is 2.01. The van der Waals surface area contributed by atoms with Crippen LogP contribution in [0.1, 0.15) is 17.3 Å². The van der Waals surface area contributed by atoms with Gasteiger partial charge >= 0.3 is 0 Å². The summed E-state index contributed by atoms with van der Waals surface area (Å²) in [6, 6.07) is 13.8. The summed E-state index contributed by atoms with van der Waals surface area (Å²) in [5.41, 5.74) is 1.73. The van der Waals surface area contributed by atoms with Crippen LogP contribution in [0, 0.1) is 5.82 Å². The molecule has 0 aliphatic carbocycles. The first kappa shape index (κ1) is 10.6. The summed E-state index contributed by atoms with van der Waals surface area (Å²) in [5.74, 6) is -0.489. The van der Waals surface area contributed by atoms with Gasteiger partial charge in [-0.2, -0.15) is 0 Å². The molecule has 1 nitrogen and oxygen atoms in total. The van der Waals surface area contributed by atoms with Gasteiger partial charge in [0.15, 0.2) is 5.78 Å². The molecular weight excluding hydrogens is 203 g/mol. The van der Waals surface area contributed by atoms with Crippen molar-refractivity contribution in [2.45, 2.75) is 6.92 Å². The van der Waals surface area contributed by atoms with Crippen molar-refractivity contribution < 1.29 is 9.18 Å². The van der Waals surface area contributed by atoms with Crippen molar-refractivity contribution >= 4 is 5.78 Å². The average molecular weight is 214 g/mol. The molecule has 0 aliphatic heterocycles. The summed E-state index contributed by atoms with van der Waals surface area (Å²) in [6.45, 7) is 1.43. The maximum atomic E-state index is 13.7. The Hall–Kier alpha value is -1.96. The van der Waals surface area contributed by atoms with Gasteiger partial charge in [0, 0.05) is 11.1 Å². The lowest BCUT2D eigenvalue weighted by Gasteiger charge is -2.04. The summed E-state index contributed by atoms with van der Waals surface area (Å²) in [4.78, 5) is 11.1. The van der Waals surface area contributed by atoms with E-state index in [9.17, 15) is 9.18 Å². The minimum absolute atomic E-state index is 0.126. The van der Waals surface area contributed by atoms with Gasteiger partial charge in [-0.25, -0.2) is 4.39 Å². The van der Waals surface area contributed by atoms with Crippen LogP contribution in [0.4, 0.5) is 4.39 Å². The fourth-order valence-electron chi connectivity index (χ4n) is 1.59. The van der Waals surface area contributed by atoms with Gasteiger partial charge in [0.1, 0.15) is 5.82 Å². The Balaban J connectivity index is 2.48. The van der Waals surface area contributed by atoms with Crippen LogP contribution in [0.25, 0.3) is 11.1 Å². The van der Waals surface area contributed by atoms with Crippen molar-refractivity contribution in [3.05, 3.63) is 59.9 Å². The van der Waals surface area contributed by atoms with E-state index < -0.39 is 0 Å². The Morgan fingerprint density at radius 2 is 1.75 bits per heavy atom. The number of halogens is 1. The molecule has 0 N–H and O–H groups in total. The van der Waals surface area contributed by atoms with E-state index >= 15 is 0 Å². The molecule has 0 radical (unpaired) electrons. The fraction of sp³-hybridized carbons (Fsp3) is 0.0714. The highest BCUT2D eigenvalue weighted by molar-refractivity contribution is 5.94. The second kappa shape index (κ2) is 4.27. The van der Waals surface area contributed by atoms with Gasteiger partial charge in [-0.1, -0.05) is 42.5 Å². The SMILES string of the molecule is CC(=O)c1ccc(-c2ccccc2)c(F)c1. The maximum Gasteiger partial charge on any atom is 0.159 e. The van der Waals surface area contributed by atoms with Crippen molar-refractivity contribution in [3.63, 3.8) is 0 Å². The third-order valence-corrected chi connectivity index (χ3v) is 2.46. The van der Waals surface area contributed by atoms with Crippen LogP contribution < -0.4 is 0 Å². The highest BCUT2D eigenvalue weighted by atomic mass is 19.1. The summed E-state index contributed by atoms with van der Waals surface area (Å²) >= 11 is 0. The average Bonchev–Trinajstić information content (AvgIpc) is 2.30. The molecule has 2 aromatic rings. The van der Waals surface area contributed by atoms with E-state index in [0.29, 0.717) is 11.1 Å². The summed E-state index contributed by atoms with van der Waals surface area (Å²) < 4.78 is 13.7.